The van der Waals surface area contributed by atoms with Crippen LogP contribution in [0.15, 0.2) is 297 Å². The van der Waals surface area contributed by atoms with Crippen molar-refractivity contribution in [1.82, 2.24) is 0 Å². The largest absolute Gasteiger partial charge is 0.489 e. The fraction of sp³-hybridized carbons (Fsp3) is 0.163. The van der Waals surface area contributed by atoms with Gasteiger partial charge in [0.25, 0.3) is 0 Å². The predicted molar refractivity (Wildman–Crippen MR) is 376 cm³/mol. The van der Waals surface area contributed by atoms with Gasteiger partial charge in [0.15, 0.2) is 29.1 Å². The second kappa shape index (κ2) is 31.0. The lowest BCUT2D eigenvalue weighted by Crippen LogP contribution is -2.37. The Kier molecular flexibility index (Phi) is 20.2. The Labute approximate surface area is 571 Å². The van der Waals surface area contributed by atoms with Crippen molar-refractivity contribution in [2.24, 2.45) is 0 Å². The molecule has 2 heterocycles. The molecule has 2 aliphatic heterocycles. The summed E-state index contributed by atoms with van der Waals surface area (Å²) in [5.74, 6) is 3.21. The van der Waals surface area contributed by atoms with Crippen molar-refractivity contribution in [2.45, 2.75) is 89.6 Å². The van der Waals surface area contributed by atoms with Crippen molar-refractivity contribution >= 4 is 0 Å². The van der Waals surface area contributed by atoms with Crippen LogP contribution in [-0.2, 0) is 59.3 Å². The topological polar surface area (TPSA) is 133 Å². The van der Waals surface area contributed by atoms with Crippen LogP contribution in [0.4, 0.5) is 0 Å². The molecule has 5 atom stereocenters. The molecule has 490 valence electrons. The number of benzene rings is 12. The molecule has 0 saturated heterocycles. The summed E-state index contributed by atoms with van der Waals surface area (Å²) in [5, 5.41) is 27.0. The van der Waals surface area contributed by atoms with E-state index in [2.05, 4.69) is 0 Å². The molecule has 2 aliphatic rings. The number of aliphatic hydroxyl groups is 2. The fourth-order valence-corrected chi connectivity index (χ4v) is 12.4. The Hall–Kier alpha value is -11.4. The van der Waals surface area contributed by atoms with Gasteiger partial charge < -0.3 is 57.6 Å². The quantitative estimate of drug-likeness (QED) is 0.0508. The van der Waals surface area contributed by atoms with Crippen molar-refractivity contribution in [3.63, 3.8) is 0 Å². The summed E-state index contributed by atoms with van der Waals surface area (Å²) >= 11 is 0. The van der Waals surface area contributed by atoms with E-state index in [9.17, 15) is 10.2 Å². The maximum atomic E-state index is 14.1. The summed E-state index contributed by atoms with van der Waals surface area (Å²) in [5.41, 5.74) is 10.3. The highest BCUT2D eigenvalue weighted by molar-refractivity contribution is 5.67. The van der Waals surface area contributed by atoms with Crippen molar-refractivity contribution in [3.05, 3.63) is 370 Å². The number of aliphatic hydroxyl groups excluding tert-OH is 2. The first-order valence-corrected chi connectivity index (χ1v) is 33.1. The third kappa shape index (κ3) is 15.6. The zero-order valence-electron chi connectivity index (χ0n) is 54.0. The number of hydrogen-bond acceptors (Lipinski definition) is 12. The molecule has 0 aliphatic carbocycles. The number of fused-ring (bicyclic) bond motifs is 2. The number of rotatable bonds is 27. The SMILES string of the molecule is O[C@@H]1[C@H](c2c(OCc3ccccc3)cc(OCc3ccccc3)c3c2O[C@H](c2ccc(OCc4ccccc4)c(OCc4ccccc4)c2)[C@H](O)C3)c2c(OCc3ccccc3)cc(OCc3ccccc3)cc2O[C@@H]1c1ccc(OCc2ccccc2)c(OCc2ccccc2)c1. The van der Waals surface area contributed by atoms with Gasteiger partial charge >= 0.3 is 0 Å². The molecule has 12 aromatic rings. The van der Waals surface area contributed by atoms with Crippen LogP contribution in [0, 0.1) is 0 Å². The minimum atomic E-state index is -1.43. The van der Waals surface area contributed by atoms with Gasteiger partial charge in [-0.3, -0.25) is 0 Å². The van der Waals surface area contributed by atoms with Gasteiger partial charge in [-0.15, -0.1) is 0 Å². The normalized spacial score (nSPS) is 16.0. The van der Waals surface area contributed by atoms with Crippen LogP contribution >= 0.6 is 0 Å². The predicted octanol–water partition coefficient (Wildman–Crippen LogP) is 18.0. The summed E-state index contributed by atoms with van der Waals surface area (Å²) in [6, 6.07) is 96.4. The Morgan fingerprint density at radius 3 is 1.00 bits per heavy atom. The lowest BCUT2D eigenvalue weighted by Gasteiger charge is -2.41. The second-order valence-electron chi connectivity index (χ2n) is 24.4. The first-order valence-electron chi connectivity index (χ1n) is 33.1. The minimum absolute atomic E-state index is 0.0638. The number of ether oxygens (including phenoxy) is 10. The highest BCUT2D eigenvalue weighted by Crippen LogP contribution is 2.58. The maximum absolute atomic E-state index is 14.1. The molecular weight excluding hydrogens is 1220 g/mol. The van der Waals surface area contributed by atoms with Gasteiger partial charge in [0, 0.05) is 41.3 Å². The van der Waals surface area contributed by atoms with E-state index in [1.165, 1.54) is 0 Å². The molecule has 12 heteroatoms. The van der Waals surface area contributed by atoms with Crippen molar-refractivity contribution in [1.29, 1.82) is 0 Å². The third-order valence-corrected chi connectivity index (χ3v) is 17.5. The van der Waals surface area contributed by atoms with Crippen LogP contribution in [0.1, 0.15) is 90.5 Å². The van der Waals surface area contributed by atoms with E-state index < -0.39 is 30.3 Å². The average Bonchev–Trinajstić information content (AvgIpc) is 0.724. The zero-order valence-corrected chi connectivity index (χ0v) is 54.0. The summed E-state index contributed by atoms with van der Waals surface area (Å²) in [4.78, 5) is 0. The summed E-state index contributed by atoms with van der Waals surface area (Å²) in [6.07, 6.45) is -4.62. The van der Waals surface area contributed by atoms with Crippen LogP contribution in [0.5, 0.6) is 57.5 Å². The molecule has 0 spiro atoms. The summed E-state index contributed by atoms with van der Waals surface area (Å²) in [6.45, 7) is 1.75. The van der Waals surface area contributed by atoms with Crippen molar-refractivity contribution < 1.29 is 57.6 Å². The molecule has 0 fully saturated rings. The monoisotopic (exact) mass is 1300 g/mol. The van der Waals surface area contributed by atoms with Crippen molar-refractivity contribution in [2.75, 3.05) is 0 Å². The average molecular weight is 1300 g/mol. The molecule has 14 rings (SSSR count). The van der Waals surface area contributed by atoms with Crippen LogP contribution < -0.4 is 47.4 Å². The van der Waals surface area contributed by atoms with Gasteiger partial charge in [0.2, 0.25) is 0 Å². The lowest BCUT2D eigenvalue weighted by atomic mass is 9.77. The Morgan fingerprint density at radius 1 is 0.286 bits per heavy atom. The first-order chi connectivity index (χ1) is 48.4. The number of hydrogen-bond donors (Lipinski definition) is 2. The molecule has 98 heavy (non-hydrogen) atoms. The van der Waals surface area contributed by atoms with E-state index in [4.69, 9.17) is 47.4 Å². The molecular formula is C86H74O12. The van der Waals surface area contributed by atoms with Gasteiger partial charge in [-0.25, -0.2) is 0 Å². The Balaban J connectivity index is 0.954. The molecule has 12 nitrogen and oxygen atoms in total. The van der Waals surface area contributed by atoms with Gasteiger partial charge in [-0.2, -0.15) is 0 Å². The van der Waals surface area contributed by atoms with Gasteiger partial charge in [-0.1, -0.05) is 255 Å². The summed E-state index contributed by atoms with van der Waals surface area (Å²) in [7, 11) is 0. The molecule has 0 aromatic heterocycles. The van der Waals surface area contributed by atoms with Gasteiger partial charge in [0.1, 0.15) is 99.6 Å². The molecule has 12 aromatic carbocycles. The molecule has 0 saturated carbocycles. The van der Waals surface area contributed by atoms with Crippen LogP contribution in [-0.4, -0.2) is 22.4 Å². The smallest absolute Gasteiger partial charge is 0.162 e. The van der Waals surface area contributed by atoms with E-state index in [0.29, 0.717) is 91.9 Å². The molecule has 0 amide bonds. The molecule has 0 unspecified atom stereocenters. The lowest BCUT2D eigenvalue weighted by molar-refractivity contribution is 0.000521. The fourth-order valence-electron chi connectivity index (χ4n) is 12.4. The van der Waals surface area contributed by atoms with E-state index in [0.717, 1.165) is 44.5 Å². The van der Waals surface area contributed by atoms with Gasteiger partial charge in [-0.05, 0) is 79.9 Å². The van der Waals surface area contributed by atoms with Crippen LogP contribution in [0.2, 0.25) is 0 Å². The maximum Gasteiger partial charge on any atom is 0.162 e. The van der Waals surface area contributed by atoms with E-state index in [-0.39, 0.29) is 52.7 Å². The minimum Gasteiger partial charge on any atom is -0.489 e. The Morgan fingerprint density at radius 2 is 0.612 bits per heavy atom. The Bertz CT molecular complexity index is 4530. The van der Waals surface area contributed by atoms with Crippen LogP contribution in [0.25, 0.3) is 0 Å². The molecule has 2 N–H and O–H groups in total. The summed E-state index contributed by atoms with van der Waals surface area (Å²) < 4.78 is 69.4. The van der Waals surface area contributed by atoms with E-state index in [1.54, 1.807) is 0 Å². The van der Waals surface area contributed by atoms with Crippen molar-refractivity contribution in [3.8, 4) is 57.5 Å². The third-order valence-electron chi connectivity index (χ3n) is 17.5. The van der Waals surface area contributed by atoms with E-state index >= 15 is 0 Å². The zero-order chi connectivity index (χ0) is 66.2. The van der Waals surface area contributed by atoms with Gasteiger partial charge in [0.05, 0.1) is 12.0 Å². The van der Waals surface area contributed by atoms with E-state index in [1.807, 2.05) is 297 Å². The molecule has 0 bridgehead atoms. The molecule has 0 radical (unpaired) electrons. The highest BCUT2D eigenvalue weighted by Gasteiger charge is 2.47. The first kappa shape index (κ1) is 63.9. The second-order valence-corrected chi connectivity index (χ2v) is 24.4. The highest BCUT2D eigenvalue weighted by atomic mass is 16.5. The standard InChI is InChI=1S/C86H74O12/c87-71-49-70-74(92-54-62-31-15-4-16-32-62)50-78(96-58-66-39-23-8-24-40-66)81(86(70)98-84(71)67-41-43-72(90-52-60-27-11-2-12-28-60)75(45-67)93-55-63-33-17-5-18-34-63)82-80-77(95-57-65-37-21-7-22-38-65)47-69(89-51-59-25-9-1-10-26-59)48-79(80)97-85(83(82)88)68-42-44-73(91-53-61-29-13-3-14-30-61)76(46-68)94-56-64-35-19-6-20-36-64/h1-48,50,71,82-85,87-88H,49,51-58H2/t71-,82+,83-,84-,85-/m1/s1. The van der Waals surface area contributed by atoms with Crippen LogP contribution in [0.3, 0.4) is 0 Å².